The molecule has 2 rings (SSSR count). The summed E-state index contributed by atoms with van der Waals surface area (Å²) in [5.74, 6) is 1.00. The van der Waals surface area contributed by atoms with Crippen molar-refractivity contribution in [3.05, 3.63) is 29.8 Å². The largest absolute Gasteiger partial charge is 0.357 e. The Balaban J connectivity index is 0.00000364. The Bertz CT molecular complexity index is 613. The Morgan fingerprint density at radius 2 is 1.81 bits per heavy atom. The number of nitrogens with one attached hydrogen (secondary N) is 2. The molecule has 1 saturated carbocycles. The zero-order valence-electron chi connectivity index (χ0n) is 16.9. The quantitative estimate of drug-likeness (QED) is 0.257. The lowest BCUT2D eigenvalue weighted by molar-refractivity contribution is -0.138. The molecule has 1 amide bonds. The van der Waals surface area contributed by atoms with Crippen molar-refractivity contribution < 1.29 is 4.79 Å². The van der Waals surface area contributed by atoms with E-state index in [0.717, 1.165) is 38.2 Å². The van der Waals surface area contributed by atoms with E-state index >= 15 is 0 Å². The first-order valence-corrected chi connectivity index (χ1v) is 10.6. The van der Waals surface area contributed by atoms with Crippen LogP contribution in [0.3, 0.4) is 0 Å². The number of hydrogen-bond donors (Lipinski definition) is 2. The van der Waals surface area contributed by atoms with Crippen molar-refractivity contribution in [1.29, 1.82) is 0 Å². The van der Waals surface area contributed by atoms with E-state index in [9.17, 15) is 4.79 Å². The van der Waals surface area contributed by atoms with Crippen LogP contribution in [0, 0.1) is 5.41 Å². The Hall–Kier alpha value is -0.960. The van der Waals surface area contributed by atoms with Gasteiger partial charge in [-0.25, -0.2) is 4.99 Å². The van der Waals surface area contributed by atoms with Gasteiger partial charge in [0.15, 0.2) is 5.96 Å². The zero-order chi connectivity index (χ0) is 19.0. The second-order valence-electron chi connectivity index (χ2n) is 7.08. The number of hydrogen-bond acceptors (Lipinski definition) is 3. The van der Waals surface area contributed by atoms with Gasteiger partial charge < -0.3 is 15.5 Å². The smallest absolute Gasteiger partial charge is 0.230 e. The summed E-state index contributed by atoms with van der Waals surface area (Å²) in [6.07, 6.45) is 6.22. The molecule has 1 fully saturated rings. The molecular weight excluding hydrogens is 471 g/mol. The van der Waals surface area contributed by atoms with E-state index in [-0.39, 0.29) is 35.3 Å². The van der Waals surface area contributed by atoms with Crippen LogP contribution < -0.4 is 10.6 Å². The van der Waals surface area contributed by atoms with Crippen molar-refractivity contribution in [2.45, 2.75) is 44.0 Å². The second-order valence-corrected chi connectivity index (χ2v) is 7.96. The molecule has 0 saturated heterocycles. The maximum atomic E-state index is 12.7. The summed E-state index contributed by atoms with van der Waals surface area (Å²) in [6.45, 7) is 4.12. The number of aliphatic imine (C=N–C) groups is 1. The number of nitrogens with zero attached hydrogens (tertiary/aromatic N) is 2. The van der Waals surface area contributed by atoms with E-state index in [1.807, 2.05) is 14.1 Å². The highest BCUT2D eigenvalue weighted by molar-refractivity contribution is 14.0. The number of carbonyl (C=O) groups is 1. The molecule has 7 heteroatoms. The lowest BCUT2D eigenvalue weighted by Crippen LogP contribution is -2.49. The van der Waals surface area contributed by atoms with Crippen molar-refractivity contribution in [3.8, 4) is 0 Å². The number of rotatable bonds is 7. The maximum Gasteiger partial charge on any atom is 0.230 e. The van der Waals surface area contributed by atoms with Crippen LogP contribution in [-0.2, 0) is 11.3 Å². The van der Waals surface area contributed by atoms with Gasteiger partial charge in [0, 0.05) is 32.1 Å². The molecule has 1 aliphatic carbocycles. The van der Waals surface area contributed by atoms with Gasteiger partial charge in [-0.15, -0.1) is 35.7 Å². The number of halogens is 1. The summed E-state index contributed by atoms with van der Waals surface area (Å²) in [4.78, 5) is 20.4. The molecule has 0 unspecified atom stereocenters. The normalized spacial score (nSPS) is 15.8. The minimum Gasteiger partial charge on any atom is -0.357 e. The van der Waals surface area contributed by atoms with Gasteiger partial charge in [0.05, 0.1) is 12.0 Å². The van der Waals surface area contributed by atoms with Crippen LogP contribution in [0.1, 0.15) is 38.2 Å². The highest BCUT2D eigenvalue weighted by atomic mass is 127. The van der Waals surface area contributed by atoms with Crippen molar-refractivity contribution in [3.63, 3.8) is 0 Å². The van der Waals surface area contributed by atoms with Gasteiger partial charge in [-0.2, -0.15) is 0 Å². The second kappa shape index (κ2) is 11.8. The van der Waals surface area contributed by atoms with Gasteiger partial charge in [-0.1, -0.05) is 25.0 Å². The molecule has 0 atom stereocenters. The monoisotopic (exact) mass is 504 g/mol. The number of guanidine groups is 1. The minimum atomic E-state index is -0.292. The first-order chi connectivity index (χ1) is 12.5. The van der Waals surface area contributed by atoms with Crippen LogP contribution in [0.4, 0.5) is 0 Å². The van der Waals surface area contributed by atoms with Crippen molar-refractivity contribution in [2.75, 3.05) is 33.4 Å². The van der Waals surface area contributed by atoms with Gasteiger partial charge in [0.2, 0.25) is 5.91 Å². The number of thioether (sulfide) groups is 1. The average molecular weight is 504 g/mol. The third-order valence-electron chi connectivity index (χ3n) is 4.94. The molecule has 0 spiro atoms. The Kier molecular flexibility index (Phi) is 10.5. The Labute approximate surface area is 185 Å². The Morgan fingerprint density at radius 1 is 1.19 bits per heavy atom. The molecule has 0 aromatic heterocycles. The summed E-state index contributed by atoms with van der Waals surface area (Å²) in [7, 11) is 3.69. The fraction of sp³-hybridized carbons (Fsp3) is 0.600. The third-order valence-corrected chi connectivity index (χ3v) is 5.68. The van der Waals surface area contributed by atoms with E-state index < -0.39 is 0 Å². The minimum absolute atomic E-state index is 0. The van der Waals surface area contributed by atoms with E-state index in [1.54, 1.807) is 16.7 Å². The topological polar surface area (TPSA) is 56.7 Å². The number of amides is 1. The highest BCUT2D eigenvalue weighted by Gasteiger charge is 2.42. The molecule has 5 nitrogen and oxygen atoms in total. The van der Waals surface area contributed by atoms with Crippen molar-refractivity contribution in [2.24, 2.45) is 10.4 Å². The summed E-state index contributed by atoms with van der Waals surface area (Å²) < 4.78 is 0. The van der Waals surface area contributed by atoms with E-state index in [0.29, 0.717) is 13.1 Å². The van der Waals surface area contributed by atoms with Crippen molar-refractivity contribution >= 4 is 47.6 Å². The van der Waals surface area contributed by atoms with Crippen LogP contribution in [0.5, 0.6) is 0 Å². The third kappa shape index (κ3) is 6.85. The van der Waals surface area contributed by atoms with E-state index in [4.69, 9.17) is 4.99 Å². The molecule has 0 aliphatic heterocycles. The average Bonchev–Trinajstić information content (AvgIpc) is 3.13. The molecule has 1 aromatic rings. The number of carbonyl (C=O) groups excluding carboxylic acids is 1. The molecule has 0 heterocycles. The summed E-state index contributed by atoms with van der Waals surface area (Å²) in [6, 6.07) is 8.48. The maximum absolute atomic E-state index is 12.7. The predicted molar refractivity (Wildman–Crippen MR) is 126 cm³/mol. The van der Waals surface area contributed by atoms with Crippen LogP contribution in [0.2, 0.25) is 0 Å². The first kappa shape index (κ1) is 24.1. The first-order valence-electron chi connectivity index (χ1n) is 9.37. The van der Waals surface area contributed by atoms with Gasteiger partial charge in [-0.3, -0.25) is 4.79 Å². The van der Waals surface area contributed by atoms with Crippen LogP contribution in [0.25, 0.3) is 0 Å². The number of benzene rings is 1. The molecule has 0 bridgehead atoms. The summed E-state index contributed by atoms with van der Waals surface area (Å²) in [5.41, 5.74) is 0.889. The van der Waals surface area contributed by atoms with E-state index in [2.05, 4.69) is 48.1 Å². The van der Waals surface area contributed by atoms with Gasteiger partial charge in [-0.05, 0) is 43.7 Å². The molecule has 2 N–H and O–H groups in total. The van der Waals surface area contributed by atoms with Gasteiger partial charge in [0.25, 0.3) is 0 Å². The fourth-order valence-corrected chi connectivity index (χ4v) is 3.90. The lowest BCUT2D eigenvalue weighted by Gasteiger charge is -2.31. The Morgan fingerprint density at radius 3 is 2.33 bits per heavy atom. The molecule has 1 aliphatic rings. The van der Waals surface area contributed by atoms with Crippen molar-refractivity contribution in [1.82, 2.24) is 15.5 Å². The van der Waals surface area contributed by atoms with E-state index in [1.165, 1.54) is 10.5 Å². The fourth-order valence-electron chi connectivity index (χ4n) is 3.49. The lowest BCUT2D eigenvalue weighted by atomic mass is 9.84. The molecule has 27 heavy (non-hydrogen) atoms. The van der Waals surface area contributed by atoms with Crippen LogP contribution >= 0.6 is 35.7 Å². The predicted octanol–water partition coefficient (Wildman–Crippen LogP) is 3.73. The molecule has 152 valence electrons. The van der Waals surface area contributed by atoms with Crippen LogP contribution in [0.15, 0.2) is 34.2 Å². The summed E-state index contributed by atoms with van der Waals surface area (Å²) in [5, 5.41) is 6.71. The zero-order valence-corrected chi connectivity index (χ0v) is 20.0. The molecule has 1 aromatic carbocycles. The SMILES string of the molecule is CCNC(=NCc1ccc(SC)cc1)NCC1(C(=O)N(C)C)CCCC1.I. The highest BCUT2D eigenvalue weighted by Crippen LogP contribution is 2.38. The standard InChI is InChI=1S/C20H32N4OS.HI/c1-5-21-19(22-14-16-8-10-17(26-4)11-9-16)23-15-20(12-6-7-13-20)18(25)24(2)3;/h8-11H,5-7,12-15H2,1-4H3,(H2,21,22,23);1H. The van der Waals surface area contributed by atoms with Gasteiger partial charge >= 0.3 is 0 Å². The molecular formula is C20H33IN4OS. The summed E-state index contributed by atoms with van der Waals surface area (Å²) >= 11 is 1.74. The van der Waals surface area contributed by atoms with Crippen LogP contribution in [-0.4, -0.2) is 50.2 Å². The van der Waals surface area contributed by atoms with Gasteiger partial charge in [0.1, 0.15) is 0 Å². The molecule has 0 radical (unpaired) electrons.